The Morgan fingerprint density at radius 2 is 0.788 bits per heavy atom. The van der Waals surface area contributed by atoms with Crippen LogP contribution in [0.15, 0.2) is 0 Å². The van der Waals surface area contributed by atoms with Crippen LogP contribution in [-0.4, -0.2) is 174 Å². The highest BCUT2D eigenvalue weighted by atomic mass is 16.7. The summed E-state index contributed by atoms with van der Waals surface area (Å²) in [5, 5.41) is 18.1. The van der Waals surface area contributed by atoms with Crippen LogP contribution in [0.5, 0.6) is 0 Å². The topological polar surface area (TPSA) is 294 Å². The average molecular weight is 1210 g/mol. The van der Waals surface area contributed by atoms with E-state index in [4.69, 9.17) is 52.1 Å². The van der Waals surface area contributed by atoms with Crippen molar-refractivity contribution in [2.45, 2.75) is 216 Å². The van der Waals surface area contributed by atoms with E-state index in [1.54, 1.807) is 0 Å². The number of ether oxygens (including phenoxy) is 11. The summed E-state index contributed by atoms with van der Waals surface area (Å²) in [6.07, 6.45) is 1.76. The smallest absolute Gasteiger partial charge is 0.303 e. The largest absolute Gasteiger partial charge is 0.481 e. The van der Waals surface area contributed by atoms with Gasteiger partial charge in [0.25, 0.3) is 0 Å². The molecule has 0 aliphatic carbocycles. The van der Waals surface area contributed by atoms with E-state index in [2.05, 4.69) is 78.3 Å². The zero-order chi connectivity index (χ0) is 63.1. The van der Waals surface area contributed by atoms with Crippen LogP contribution in [-0.2, 0) is 90.5 Å². The Morgan fingerprint density at radius 3 is 1.16 bits per heavy atom. The molecule has 3 fully saturated rings. The van der Waals surface area contributed by atoms with Crippen LogP contribution in [0.25, 0.3) is 0 Å². The van der Waals surface area contributed by atoms with Gasteiger partial charge in [0.05, 0.1) is 63.5 Å². The van der Waals surface area contributed by atoms with Gasteiger partial charge in [-0.3, -0.25) is 38.4 Å². The number of hydrogen-bond acceptors (Lipinski definition) is 19. The lowest BCUT2D eigenvalue weighted by Crippen LogP contribution is -2.55. The summed E-state index contributed by atoms with van der Waals surface area (Å²) in [6, 6.07) is 0. The summed E-state index contributed by atoms with van der Waals surface area (Å²) >= 11 is 0. The first kappa shape index (κ1) is 74.9. The maximum Gasteiger partial charge on any atom is 0.303 e. The second kappa shape index (κ2) is 40.2. The van der Waals surface area contributed by atoms with Crippen LogP contribution in [0.4, 0.5) is 0 Å². The molecule has 85 heavy (non-hydrogen) atoms. The van der Waals surface area contributed by atoms with Crippen molar-refractivity contribution in [3.8, 4) is 0 Å². The van der Waals surface area contributed by atoms with Gasteiger partial charge in [-0.2, -0.15) is 0 Å². The standard InChI is InChI=1S/C62H107N3O20/c1-39-42(4)52(34-80-48(10)66)83-59(45(39)7)77-29-16-14-21-51(69)20-13-15-26-62(65-57(72)22-17-23-58(73)74,37-75-32-24-55(70)63-27-18-30-78-60-46(8)40(2)43(5)53(84-60)35-81-49(11)67)38-76-33-25-56(71)64-28-19-31-79-61-47(9)41(3)44(6)54(85-61)36-82-50(12)68/h39-47,52-54,59-61H,13-38H2,1-12H3,(H,63,70)(H,64,71)(H,65,72)(H,73,74)/t39-,40-,41-,42+,43+,44+,45?,46?,47?,52?,53?,54?,59+,60+,61+,62?/m0/s1. The molecule has 3 aliphatic heterocycles. The van der Waals surface area contributed by atoms with Crippen molar-refractivity contribution in [3.05, 3.63) is 0 Å². The normalized spacial score (nSPS) is 28.3. The van der Waals surface area contributed by atoms with Gasteiger partial charge in [0.1, 0.15) is 25.6 Å². The van der Waals surface area contributed by atoms with E-state index in [-0.39, 0.29) is 185 Å². The lowest BCUT2D eigenvalue weighted by molar-refractivity contribution is -0.255. The van der Waals surface area contributed by atoms with Crippen molar-refractivity contribution in [1.29, 1.82) is 0 Å². The highest BCUT2D eigenvalue weighted by Gasteiger charge is 2.43. The molecule has 23 nitrogen and oxygen atoms in total. The van der Waals surface area contributed by atoms with Gasteiger partial charge in [-0.15, -0.1) is 0 Å². The second-order valence-electron chi connectivity index (χ2n) is 24.2. The van der Waals surface area contributed by atoms with Gasteiger partial charge >= 0.3 is 23.9 Å². The highest BCUT2D eigenvalue weighted by molar-refractivity contribution is 5.79. The minimum atomic E-state index is -1.16. The molecule has 4 N–H and O–H groups in total. The van der Waals surface area contributed by atoms with E-state index in [1.165, 1.54) is 20.8 Å². The van der Waals surface area contributed by atoms with E-state index in [1.807, 2.05) is 0 Å². The first-order valence-corrected chi connectivity index (χ1v) is 31.3. The number of amides is 3. The number of ketones is 1. The fraction of sp³-hybridized carbons (Fsp3) is 0.871. The molecule has 0 radical (unpaired) electrons. The van der Waals surface area contributed by atoms with Crippen LogP contribution in [0.2, 0.25) is 0 Å². The maximum atomic E-state index is 13.5. The molecule has 6 unspecified atom stereocenters. The summed E-state index contributed by atoms with van der Waals surface area (Å²) in [7, 11) is 0. The van der Waals surface area contributed by atoms with E-state index >= 15 is 0 Å². The number of esters is 3. The van der Waals surface area contributed by atoms with Crippen LogP contribution in [0.3, 0.4) is 0 Å². The monoisotopic (exact) mass is 1210 g/mol. The number of carboxylic acids is 1. The molecule has 3 amide bonds. The van der Waals surface area contributed by atoms with E-state index < -0.39 is 36.3 Å². The molecule has 3 rings (SSSR count). The van der Waals surface area contributed by atoms with Crippen LogP contribution >= 0.6 is 0 Å². The molecule has 3 aliphatic rings. The molecular weight excluding hydrogens is 1110 g/mol. The molecule has 0 bridgehead atoms. The lowest BCUT2D eigenvalue weighted by atomic mass is 9.79. The summed E-state index contributed by atoms with van der Waals surface area (Å²) < 4.78 is 64.8. The fourth-order valence-electron chi connectivity index (χ4n) is 10.9. The molecule has 490 valence electrons. The third-order valence-electron chi connectivity index (χ3n) is 17.5. The van der Waals surface area contributed by atoms with Gasteiger partial charge < -0.3 is 73.2 Å². The van der Waals surface area contributed by atoms with E-state index in [0.29, 0.717) is 90.7 Å². The number of carbonyl (C=O) groups is 8. The number of hydrogen-bond donors (Lipinski definition) is 4. The summed E-state index contributed by atoms with van der Waals surface area (Å²) in [5.41, 5.74) is -1.16. The van der Waals surface area contributed by atoms with Gasteiger partial charge in [0.2, 0.25) is 17.7 Å². The van der Waals surface area contributed by atoms with Crippen molar-refractivity contribution in [1.82, 2.24) is 16.0 Å². The molecule has 0 aromatic carbocycles. The summed E-state index contributed by atoms with van der Waals surface area (Å²) in [6.45, 7) is 25.0. The highest BCUT2D eigenvalue weighted by Crippen LogP contribution is 2.38. The van der Waals surface area contributed by atoms with Crippen molar-refractivity contribution >= 4 is 47.4 Å². The molecule has 0 saturated carbocycles. The first-order valence-electron chi connectivity index (χ1n) is 31.3. The zero-order valence-electron chi connectivity index (χ0n) is 53.2. The fourth-order valence-corrected chi connectivity index (χ4v) is 10.9. The number of carboxylic acid groups (broad SMARTS) is 1. The van der Waals surface area contributed by atoms with Crippen molar-refractivity contribution in [2.24, 2.45) is 53.3 Å². The zero-order valence-corrected chi connectivity index (χ0v) is 53.2. The van der Waals surface area contributed by atoms with Crippen molar-refractivity contribution in [3.63, 3.8) is 0 Å². The van der Waals surface area contributed by atoms with Gasteiger partial charge in [-0.05, 0) is 80.5 Å². The third-order valence-corrected chi connectivity index (χ3v) is 17.5. The lowest BCUT2D eigenvalue weighted by Gasteiger charge is -2.43. The quantitative estimate of drug-likeness (QED) is 0.0276. The van der Waals surface area contributed by atoms with Crippen LogP contribution < -0.4 is 16.0 Å². The average Bonchev–Trinajstić information content (AvgIpc) is 2.93. The number of rotatable bonds is 42. The number of carbonyl (C=O) groups excluding carboxylic acids is 7. The molecule has 15 atom stereocenters. The minimum Gasteiger partial charge on any atom is -0.481 e. The number of Topliss-reactive ketones (excluding diaryl/α,β-unsaturated/α-hetero) is 1. The van der Waals surface area contributed by atoms with Crippen LogP contribution in [0.1, 0.15) is 173 Å². The summed E-state index contributed by atoms with van der Waals surface area (Å²) in [5.74, 6) is -1.37. The molecule has 3 saturated heterocycles. The van der Waals surface area contributed by atoms with E-state index in [0.717, 1.165) is 0 Å². The molecule has 0 aromatic rings. The number of nitrogens with one attached hydrogen (secondary N) is 3. The molecule has 0 aromatic heterocycles. The minimum absolute atomic E-state index is 0.00188. The van der Waals surface area contributed by atoms with Gasteiger partial charge in [-0.1, -0.05) is 68.7 Å². The second-order valence-corrected chi connectivity index (χ2v) is 24.2. The molecule has 3 heterocycles. The first-order chi connectivity index (χ1) is 40.3. The van der Waals surface area contributed by atoms with Crippen molar-refractivity contribution < 1.29 is 95.6 Å². The number of aliphatic carboxylic acids is 1. The Hall–Kier alpha value is -4.36. The molecule has 23 heteroatoms. The maximum absolute atomic E-state index is 13.5. The molecule has 0 spiro atoms. The Labute approximate surface area is 505 Å². The van der Waals surface area contributed by atoms with Crippen molar-refractivity contribution in [2.75, 3.05) is 79.2 Å². The predicted octanol–water partition coefficient (Wildman–Crippen LogP) is 6.86. The Balaban J connectivity index is 1.57. The van der Waals surface area contributed by atoms with Gasteiger partial charge in [-0.25, -0.2) is 0 Å². The Bertz CT molecular complexity index is 1840. The Kier molecular flexibility index (Phi) is 35.4. The van der Waals surface area contributed by atoms with Gasteiger partial charge in [0.15, 0.2) is 18.9 Å². The summed E-state index contributed by atoms with van der Waals surface area (Å²) in [4.78, 5) is 98.5. The van der Waals surface area contributed by atoms with Crippen LogP contribution in [0, 0.1) is 53.3 Å². The van der Waals surface area contributed by atoms with E-state index in [9.17, 15) is 43.5 Å². The third kappa shape index (κ3) is 28.6. The SMILES string of the molecule is CC(=O)OCC1O[C@@H](OCCCCC(=O)CCCCC(COCCC(=O)NCCCO[C@@H]2OC(COC(C)=O)[C@H](C)[C@H](C)C2C)(COCCC(=O)NCCCO[C@@H]2OC(COC(C)=O)[C@H](C)[C@H](C)C2C)NC(=O)CCCC(=O)O)C(C)[C@@H](C)[C@H]1C. The molecular formula is C62H107N3O20. The van der Waals surface area contributed by atoms with Gasteiger partial charge in [0, 0.05) is 96.7 Å². The predicted molar refractivity (Wildman–Crippen MR) is 312 cm³/mol. The Morgan fingerprint density at radius 1 is 0.412 bits per heavy atom. The number of unbranched alkanes of at least 4 members (excludes halogenated alkanes) is 2.